The van der Waals surface area contributed by atoms with E-state index in [1.54, 1.807) is 0 Å². The molecule has 1 amide bonds. The van der Waals surface area contributed by atoms with E-state index in [1.807, 2.05) is 0 Å². The predicted octanol–water partition coefficient (Wildman–Crippen LogP) is 3.89. The van der Waals surface area contributed by atoms with Gasteiger partial charge in [0, 0.05) is 25.4 Å². The summed E-state index contributed by atoms with van der Waals surface area (Å²) >= 11 is 0. The molecule has 5 aliphatic rings. The molecule has 0 aromatic carbocycles. The van der Waals surface area contributed by atoms with Gasteiger partial charge in [-0.2, -0.15) is 0 Å². The summed E-state index contributed by atoms with van der Waals surface area (Å²) in [4.78, 5) is 19.1. The average Bonchev–Trinajstić information content (AvgIpc) is 3.25. The minimum absolute atomic E-state index is 0.326. The lowest BCUT2D eigenvalue weighted by atomic mass is 9.47. The minimum atomic E-state index is 0.326. The number of carbonyl (C=O) groups is 1. The van der Waals surface area contributed by atoms with Crippen molar-refractivity contribution >= 4 is 11.8 Å². The van der Waals surface area contributed by atoms with E-state index in [9.17, 15) is 4.79 Å². The van der Waals surface area contributed by atoms with E-state index in [0.717, 1.165) is 49.6 Å². The van der Waals surface area contributed by atoms with E-state index in [2.05, 4.69) is 25.8 Å². The van der Waals surface area contributed by atoms with Gasteiger partial charge in [0.05, 0.1) is 6.54 Å². The van der Waals surface area contributed by atoms with Gasteiger partial charge in [0.25, 0.3) is 0 Å². The third-order valence-electron chi connectivity index (χ3n) is 9.46. The van der Waals surface area contributed by atoms with Crippen molar-refractivity contribution < 1.29 is 9.53 Å². The zero-order chi connectivity index (χ0) is 18.1. The van der Waals surface area contributed by atoms with Crippen LogP contribution in [0.5, 0.6) is 0 Å². The van der Waals surface area contributed by atoms with Crippen LogP contribution >= 0.6 is 0 Å². The molecule has 0 bridgehead atoms. The van der Waals surface area contributed by atoms with Crippen LogP contribution in [-0.2, 0) is 9.53 Å². The van der Waals surface area contributed by atoms with Crippen LogP contribution in [-0.4, -0.2) is 42.9 Å². The third-order valence-corrected chi connectivity index (χ3v) is 9.46. The molecule has 0 spiro atoms. The monoisotopic (exact) mass is 358 g/mol. The molecule has 4 heteroatoms. The fourth-order valence-corrected chi connectivity index (χ4v) is 8.12. The van der Waals surface area contributed by atoms with Crippen LogP contribution < -0.4 is 0 Å². The number of rotatable bonds is 1. The second-order valence-corrected chi connectivity index (χ2v) is 10.2. The summed E-state index contributed by atoms with van der Waals surface area (Å²) < 4.78 is 5.92. The van der Waals surface area contributed by atoms with Crippen LogP contribution in [0.15, 0.2) is 4.99 Å². The van der Waals surface area contributed by atoms with Crippen LogP contribution in [0.2, 0.25) is 0 Å². The Labute approximate surface area is 157 Å². The minimum Gasteiger partial charge on any atom is -0.479 e. The second-order valence-electron chi connectivity index (χ2n) is 10.2. The van der Waals surface area contributed by atoms with Crippen LogP contribution in [0.4, 0.5) is 0 Å². The second kappa shape index (κ2) is 5.72. The van der Waals surface area contributed by atoms with E-state index < -0.39 is 0 Å². The van der Waals surface area contributed by atoms with E-state index >= 15 is 0 Å². The molecule has 2 heterocycles. The van der Waals surface area contributed by atoms with Gasteiger partial charge in [0.15, 0.2) is 5.90 Å². The van der Waals surface area contributed by atoms with Gasteiger partial charge in [-0.3, -0.25) is 9.79 Å². The van der Waals surface area contributed by atoms with Gasteiger partial charge in [-0.15, -0.1) is 0 Å². The van der Waals surface area contributed by atoms with E-state index in [-0.39, 0.29) is 0 Å². The molecular formula is C22H34N2O2. The van der Waals surface area contributed by atoms with Gasteiger partial charge in [0.2, 0.25) is 5.91 Å². The molecule has 26 heavy (non-hydrogen) atoms. The normalized spacial score (nSPS) is 50.6. The van der Waals surface area contributed by atoms with Crippen molar-refractivity contribution in [2.75, 3.05) is 20.2 Å². The number of aliphatic imine (C=N–C) groups is 1. The fraction of sp³-hybridized carbons (Fsp3) is 0.909. The molecule has 7 atom stereocenters. The average molecular weight is 359 g/mol. The lowest BCUT2D eigenvalue weighted by Gasteiger charge is -2.61. The maximum atomic E-state index is 12.3. The number of fused-ring (bicyclic) bond motifs is 5. The summed E-state index contributed by atoms with van der Waals surface area (Å²) in [6, 6.07) is 0.467. The van der Waals surface area contributed by atoms with Crippen molar-refractivity contribution in [2.24, 2.45) is 39.5 Å². The van der Waals surface area contributed by atoms with Gasteiger partial charge in [-0.05, 0) is 73.5 Å². The Bertz CT molecular complexity index is 646. The van der Waals surface area contributed by atoms with Crippen molar-refractivity contribution in [3.63, 3.8) is 0 Å². The quantitative estimate of drug-likeness (QED) is 0.713. The molecule has 4 fully saturated rings. The molecule has 4 nitrogen and oxygen atoms in total. The molecule has 0 radical (unpaired) electrons. The number of nitrogens with zero attached hydrogens (tertiary/aromatic N) is 2. The summed E-state index contributed by atoms with van der Waals surface area (Å²) in [6.07, 6.45) is 9.62. The van der Waals surface area contributed by atoms with Crippen molar-refractivity contribution in [1.29, 1.82) is 0 Å². The first-order valence-electron chi connectivity index (χ1n) is 10.9. The Hall–Kier alpha value is -1.06. The van der Waals surface area contributed by atoms with Gasteiger partial charge in [-0.1, -0.05) is 13.8 Å². The molecule has 0 N–H and O–H groups in total. The molecule has 3 aliphatic carbocycles. The van der Waals surface area contributed by atoms with Crippen molar-refractivity contribution in [2.45, 2.75) is 71.3 Å². The number of amides is 1. The van der Waals surface area contributed by atoms with E-state index in [1.165, 1.54) is 38.5 Å². The molecular weight excluding hydrogens is 324 g/mol. The first-order valence-corrected chi connectivity index (χ1v) is 10.9. The molecule has 144 valence electrons. The van der Waals surface area contributed by atoms with Crippen molar-refractivity contribution in [3.8, 4) is 0 Å². The number of piperidine rings is 1. The lowest BCUT2D eigenvalue weighted by Crippen LogP contribution is -2.61. The highest BCUT2D eigenvalue weighted by Gasteiger charge is 2.62. The summed E-state index contributed by atoms with van der Waals surface area (Å²) in [6.45, 7) is 6.70. The Balaban J connectivity index is 1.43. The number of hydrogen-bond donors (Lipinski definition) is 0. The fourth-order valence-electron chi connectivity index (χ4n) is 8.12. The molecule has 2 aliphatic heterocycles. The van der Waals surface area contributed by atoms with Crippen LogP contribution in [0.3, 0.4) is 0 Å². The van der Waals surface area contributed by atoms with Crippen LogP contribution in [0.25, 0.3) is 0 Å². The van der Waals surface area contributed by atoms with Gasteiger partial charge < -0.3 is 9.64 Å². The lowest BCUT2D eigenvalue weighted by molar-refractivity contribution is -0.157. The number of carbonyl (C=O) groups excluding carboxylic acids is 1. The maximum Gasteiger partial charge on any atom is 0.222 e. The van der Waals surface area contributed by atoms with Gasteiger partial charge >= 0.3 is 0 Å². The van der Waals surface area contributed by atoms with Gasteiger partial charge in [-0.25, -0.2) is 0 Å². The van der Waals surface area contributed by atoms with Gasteiger partial charge in [0.1, 0.15) is 6.61 Å². The predicted molar refractivity (Wildman–Crippen MR) is 102 cm³/mol. The van der Waals surface area contributed by atoms with Crippen LogP contribution in [0, 0.1) is 34.5 Å². The smallest absolute Gasteiger partial charge is 0.222 e. The topological polar surface area (TPSA) is 41.9 Å². The summed E-state index contributed by atoms with van der Waals surface area (Å²) in [5.74, 6) is 4.44. The molecule has 5 rings (SSSR count). The van der Waals surface area contributed by atoms with Crippen molar-refractivity contribution in [3.05, 3.63) is 0 Å². The zero-order valence-electron chi connectivity index (χ0n) is 16.7. The Morgan fingerprint density at radius 2 is 1.85 bits per heavy atom. The van der Waals surface area contributed by atoms with E-state index in [0.29, 0.717) is 28.7 Å². The highest BCUT2D eigenvalue weighted by molar-refractivity contribution is 5.81. The Morgan fingerprint density at radius 3 is 2.62 bits per heavy atom. The molecule has 0 aromatic rings. The zero-order valence-corrected chi connectivity index (χ0v) is 16.7. The molecule has 1 saturated heterocycles. The first-order chi connectivity index (χ1) is 12.4. The highest BCUT2D eigenvalue weighted by atomic mass is 16.5. The third kappa shape index (κ3) is 2.13. The number of ether oxygens (including phenoxy) is 1. The Morgan fingerprint density at radius 1 is 1.04 bits per heavy atom. The van der Waals surface area contributed by atoms with Crippen molar-refractivity contribution in [1.82, 2.24) is 4.90 Å². The largest absolute Gasteiger partial charge is 0.479 e. The number of hydrogen-bond acceptors (Lipinski definition) is 3. The molecule has 1 unspecified atom stereocenters. The number of likely N-dealkylation sites (tertiary alicyclic amines) is 1. The maximum absolute atomic E-state index is 12.3. The molecule has 3 saturated carbocycles. The summed E-state index contributed by atoms with van der Waals surface area (Å²) in [5, 5.41) is 0. The van der Waals surface area contributed by atoms with E-state index in [4.69, 9.17) is 9.73 Å². The standard InChI is InChI=1S/C22H34N2O2/c1-21-10-8-16-14(15(21)5-6-17(21)20-23-12-13-26-20)4-7-18-22(16,2)11-9-19(25)24(18)3/h14-18H,4-13H2,1-3H3/t14-,15-,16-,17+,18?,21-,22+/m0/s1. The highest BCUT2D eigenvalue weighted by Crippen LogP contribution is 2.66. The Kier molecular flexibility index (Phi) is 3.75. The molecule has 0 aromatic heterocycles. The summed E-state index contributed by atoms with van der Waals surface area (Å²) in [7, 11) is 2.05. The summed E-state index contributed by atoms with van der Waals surface area (Å²) in [5.41, 5.74) is 0.705. The van der Waals surface area contributed by atoms with Crippen LogP contribution in [0.1, 0.15) is 65.2 Å². The SMILES string of the molecule is CN1C(=O)CC[C@@]2(C)C1CC[C@H]1[C@@H]3CC[C@H](C4=NCCO4)[C@@]3(C)CC[C@@H]12. The first kappa shape index (κ1) is 17.1.